The van der Waals surface area contributed by atoms with E-state index in [2.05, 4.69) is 13.0 Å². The number of halogens is 1. The molecule has 2 aromatic carbocycles. The molecule has 1 atom stereocenters. The summed E-state index contributed by atoms with van der Waals surface area (Å²) in [6.45, 7) is 2.07. The molecule has 0 amide bonds. The summed E-state index contributed by atoms with van der Waals surface area (Å²) in [6.07, 6.45) is 0. The van der Waals surface area contributed by atoms with E-state index in [9.17, 15) is 0 Å². The Kier molecular flexibility index (Phi) is 4.24. The molecule has 1 aromatic heterocycles. The molecule has 0 bridgehead atoms. The van der Waals surface area contributed by atoms with Gasteiger partial charge in [0.2, 0.25) is 0 Å². The summed E-state index contributed by atoms with van der Waals surface area (Å²) in [7, 11) is 0. The van der Waals surface area contributed by atoms with Crippen molar-refractivity contribution in [1.82, 2.24) is 0 Å². The van der Waals surface area contributed by atoms with Crippen LogP contribution < -0.4 is 5.73 Å². The lowest BCUT2D eigenvalue weighted by Crippen LogP contribution is -2.11. The number of hydrogen-bond acceptors (Lipinski definition) is 3. The first-order valence-electron chi connectivity index (χ1n) is 6.76. The summed E-state index contributed by atoms with van der Waals surface area (Å²) in [5.41, 5.74) is 8.35. The fraction of sp³-hybridized carbons (Fsp3) is 0.176. The van der Waals surface area contributed by atoms with Crippen molar-refractivity contribution >= 4 is 34.3 Å². The molecule has 3 aromatic rings. The molecule has 21 heavy (non-hydrogen) atoms. The van der Waals surface area contributed by atoms with Crippen LogP contribution in [-0.2, 0) is 0 Å². The summed E-state index contributed by atoms with van der Waals surface area (Å²) < 4.78 is 5.83. The van der Waals surface area contributed by atoms with Gasteiger partial charge in [0.1, 0.15) is 11.3 Å². The van der Waals surface area contributed by atoms with Gasteiger partial charge in [0.15, 0.2) is 0 Å². The van der Waals surface area contributed by atoms with Crippen molar-refractivity contribution in [2.75, 3.05) is 5.75 Å². The molecule has 1 unspecified atom stereocenters. The van der Waals surface area contributed by atoms with Crippen LogP contribution in [0.2, 0.25) is 5.02 Å². The monoisotopic (exact) mass is 317 g/mol. The number of rotatable bonds is 4. The number of furan rings is 1. The van der Waals surface area contributed by atoms with E-state index in [1.165, 1.54) is 5.56 Å². The molecule has 0 aliphatic carbocycles. The largest absolute Gasteiger partial charge is 0.459 e. The van der Waals surface area contributed by atoms with Crippen molar-refractivity contribution in [3.05, 3.63) is 64.9 Å². The van der Waals surface area contributed by atoms with Crippen LogP contribution >= 0.6 is 23.4 Å². The van der Waals surface area contributed by atoms with Gasteiger partial charge >= 0.3 is 0 Å². The standard InChI is InChI=1S/C17H16ClNOS/c1-11-2-7-16-12(8-11)9-17(20-16)15(19)10-21-14-5-3-13(18)4-6-14/h2-9,15H,10,19H2,1H3. The van der Waals surface area contributed by atoms with Gasteiger partial charge in [0, 0.05) is 21.1 Å². The third-order valence-electron chi connectivity index (χ3n) is 3.30. The summed E-state index contributed by atoms with van der Waals surface area (Å²) in [5.74, 6) is 1.59. The number of thioether (sulfide) groups is 1. The summed E-state index contributed by atoms with van der Waals surface area (Å²) >= 11 is 7.58. The van der Waals surface area contributed by atoms with Gasteiger partial charge in [-0.3, -0.25) is 0 Å². The highest BCUT2D eigenvalue weighted by atomic mass is 35.5. The first kappa shape index (κ1) is 14.5. The third-order valence-corrected chi connectivity index (χ3v) is 4.68. The van der Waals surface area contributed by atoms with Crippen molar-refractivity contribution in [2.45, 2.75) is 17.9 Å². The van der Waals surface area contributed by atoms with Gasteiger partial charge in [-0.05, 0) is 49.4 Å². The molecular weight excluding hydrogens is 302 g/mol. The van der Waals surface area contributed by atoms with E-state index < -0.39 is 0 Å². The SMILES string of the molecule is Cc1ccc2oc(C(N)CSc3ccc(Cl)cc3)cc2c1. The van der Waals surface area contributed by atoms with Crippen molar-refractivity contribution in [1.29, 1.82) is 0 Å². The normalized spacial score (nSPS) is 12.7. The molecule has 0 aliphatic rings. The molecule has 0 spiro atoms. The second-order valence-corrected chi connectivity index (χ2v) is 6.59. The van der Waals surface area contributed by atoms with Gasteiger partial charge in [0.05, 0.1) is 6.04 Å². The molecule has 3 rings (SSSR count). The molecule has 0 saturated heterocycles. The highest BCUT2D eigenvalue weighted by Gasteiger charge is 2.12. The number of aryl methyl sites for hydroxylation is 1. The van der Waals surface area contributed by atoms with Crippen LogP contribution in [0.3, 0.4) is 0 Å². The second kappa shape index (κ2) is 6.14. The van der Waals surface area contributed by atoms with Crippen LogP contribution in [0.5, 0.6) is 0 Å². The number of hydrogen-bond donors (Lipinski definition) is 1. The average Bonchev–Trinajstić information content (AvgIpc) is 2.89. The molecule has 4 heteroatoms. The molecule has 108 valence electrons. The Morgan fingerprint density at radius 1 is 1.14 bits per heavy atom. The zero-order chi connectivity index (χ0) is 14.8. The zero-order valence-corrected chi connectivity index (χ0v) is 13.2. The molecule has 0 aliphatic heterocycles. The Hall–Kier alpha value is -1.42. The van der Waals surface area contributed by atoms with E-state index in [4.69, 9.17) is 21.8 Å². The Morgan fingerprint density at radius 2 is 1.90 bits per heavy atom. The van der Waals surface area contributed by atoms with E-state index in [-0.39, 0.29) is 6.04 Å². The minimum absolute atomic E-state index is 0.126. The second-order valence-electron chi connectivity index (χ2n) is 5.06. The van der Waals surface area contributed by atoms with E-state index in [0.29, 0.717) is 0 Å². The number of benzene rings is 2. The summed E-state index contributed by atoms with van der Waals surface area (Å²) in [6, 6.07) is 15.8. The Morgan fingerprint density at radius 3 is 2.67 bits per heavy atom. The van der Waals surface area contributed by atoms with E-state index >= 15 is 0 Å². The van der Waals surface area contributed by atoms with E-state index in [1.807, 2.05) is 42.5 Å². The third kappa shape index (κ3) is 3.43. The first-order valence-corrected chi connectivity index (χ1v) is 8.12. The molecule has 1 heterocycles. The maximum absolute atomic E-state index is 6.23. The number of fused-ring (bicyclic) bond motifs is 1. The predicted octanol–water partition coefficient (Wildman–Crippen LogP) is 5.19. The topological polar surface area (TPSA) is 39.2 Å². The quantitative estimate of drug-likeness (QED) is 0.673. The Labute approximate surface area is 133 Å². The smallest absolute Gasteiger partial charge is 0.134 e. The van der Waals surface area contributed by atoms with Gasteiger partial charge in [-0.15, -0.1) is 11.8 Å². The maximum atomic E-state index is 6.23. The van der Waals surface area contributed by atoms with Crippen molar-refractivity contribution in [3.8, 4) is 0 Å². The lowest BCUT2D eigenvalue weighted by molar-refractivity contribution is 0.516. The molecule has 2 N–H and O–H groups in total. The first-order chi connectivity index (χ1) is 10.1. The minimum Gasteiger partial charge on any atom is -0.459 e. The van der Waals surface area contributed by atoms with E-state index in [0.717, 1.165) is 32.4 Å². The van der Waals surface area contributed by atoms with Gasteiger partial charge in [-0.2, -0.15) is 0 Å². The summed E-state index contributed by atoms with van der Waals surface area (Å²) in [4.78, 5) is 1.15. The fourth-order valence-electron chi connectivity index (χ4n) is 2.17. The maximum Gasteiger partial charge on any atom is 0.134 e. The predicted molar refractivity (Wildman–Crippen MR) is 90.1 cm³/mol. The van der Waals surface area contributed by atoms with Crippen LogP contribution in [0.15, 0.2) is 57.8 Å². The van der Waals surface area contributed by atoms with Crippen molar-refractivity contribution in [3.63, 3.8) is 0 Å². The van der Waals surface area contributed by atoms with Crippen molar-refractivity contribution in [2.24, 2.45) is 5.73 Å². The fourth-order valence-corrected chi connectivity index (χ4v) is 3.16. The lowest BCUT2D eigenvalue weighted by Gasteiger charge is -2.08. The molecule has 0 fully saturated rings. The average molecular weight is 318 g/mol. The van der Waals surface area contributed by atoms with E-state index in [1.54, 1.807) is 11.8 Å². The highest BCUT2D eigenvalue weighted by Crippen LogP contribution is 2.28. The van der Waals surface area contributed by atoms with Gasteiger partial charge in [-0.25, -0.2) is 0 Å². The molecule has 2 nitrogen and oxygen atoms in total. The van der Waals surface area contributed by atoms with Crippen LogP contribution in [0.1, 0.15) is 17.4 Å². The lowest BCUT2D eigenvalue weighted by atomic mass is 10.2. The van der Waals surface area contributed by atoms with Gasteiger partial charge in [0.25, 0.3) is 0 Å². The molecule has 0 radical (unpaired) electrons. The number of nitrogens with two attached hydrogens (primary N) is 1. The van der Waals surface area contributed by atoms with Crippen molar-refractivity contribution < 1.29 is 4.42 Å². The zero-order valence-electron chi connectivity index (χ0n) is 11.7. The molecule has 0 saturated carbocycles. The van der Waals surface area contributed by atoms with Crippen LogP contribution in [0.4, 0.5) is 0 Å². The summed E-state index contributed by atoms with van der Waals surface area (Å²) in [5, 5.41) is 1.85. The molecular formula is C17H16ClNOS. The highest BCUT2D eigenvalue weighted by molar-refractivity contribution is 7.99. The van der Waals surface area contributed by atoms with Gasteiger partial charge < -0.3 is 10.2 Å². The Balaban J connectivity index is 1.71. The van der Waals surface area contributed by atoms with Crippen LogP contribution in [-0.4, -0.2) is 5.75 Å². The van der Waals surface area contributed by atoms with Crippen LogP contribution in [0.25, 0.3) is 11.0 Å². The van der Waals surface area contributed by atoms with Gasteiger partial charge in [-0.1, -0.05) is 23.2 Å². The Bertz CT molecular complexity index is 751. The van der Waals surface area contributed by atoms with Crippen LogP contribution in [0, 0.1) is 6.92 Å². The minimum atomic E-state index is -0.126.